The lowest BCUT2D eigenvalue weighted by molar-refractivity contribution is 0.0651. The van der Waals surface area contributed by atoms with Crippen molar-refractivity contribution < 1.29 is 30.0 Å². The van der Waals surface area contributed by atoms with Crippen molar-refractivity contribution in [3.05, 3.63) is 29.3 Å². The van der Waals surface area contributed by atoms with E-state index >= 15 is 0 Å². The average molecular weight is 255 g/mol. The Hall–Kier alpha value is -2.12. The van der Waals surface area contributed by atoms with Gasteiger partial charge in [-0.3, -0.25) is 0 Å². The van der Waals surface area contributed by atoms with Gasteiger partial charge in [-0.2, -0.15) is 0 Å². The normalized spacial score (nSPS) is 11.9. The average Bonchev–Trinajstić information content (AvgIpc) is 2.35. The number of hydrogen-bond acceptors (Lipinski definition) is 5. The quantitative estimate of drug-likeness (QED) is 0.478. The Morgan fingerprint density at radius 1 is 1.17 bits per heavy atom. The first-order valence-electron chi connectivity index (χ1n) is 5.09. The number of benzene rings is 1. The fourth-order valence-corrected chi connectivity index (χ4v) is 1.32. The van der Waals surface area contributed by atoms with Crippen LogP contribution in [0.3, 0.4) is 0 Å². The number of carboxylic acids is 2. The second-order valence-corrected chi connectivity index (χ2v) is 3.59. The van der Waals surface area contributed by atoms with Gasteiger partial charge in [-0.1, -0.05) is 0 Å². The van der Waals surface area contributed by atoms with Crippen LogP contribution in [0.25, 0.3) is 0 Å². The maximum Gasteiger partial charge on any atom is 0.336 e. The van der Waals surface area contributed by atoms with Crippen LogP contribution in [0.5, 0.6) is 0 Å². The van der Waals surface area contributed by atoms with E-state index in [-0.39, 0.29) is 17.7 Å². The molecule has 0 saturated carbocycles. The molecule has 0 bridgehead atoms. The van der Waals surface area contributed by atoms with E-state index in [9.17, 15) is 9.59 Å². The van der Waals surface area contributed by atoms with Crippen LogP contribution < -0.4 is 5.32 Å². The molecule has 18 heavy (non-hydrogen) atoms. The van der Waals surface area contributed by atoms with Crippen molar-refractivity contribution >= 4 is 17.6 Å². The lowest BCUT2D eigenvalue weighted by Gasteiger charge is -2.11. The van der Waals surface area contributed by atoms with E-state index in [0.29, 0.717) is 5.69 Å². The van der Waals surface area contributed by atoms with Crippen LogP contribution in [-0.4, -0.2) is 51.6 Å². The van der Waals surface area contributed by atoms with Crippen molar-refractivity contribution in [2.75, 3.05) is 18.5 Å². The minimum atomic E-state index is -1.35. The summed E-state index contributed by atoms with van der Waals surface area (Å²) in [5.41, 5.74) is -0.299. The maximum atomic E-state index is 10.9. The number of aliphatic hydroxyl groups excluding tert-OH is 2. The second kappa shape index (κ2) is 5.99. The summed E-state index contributed by atoms with van der Waals surface area (Å²) in [7, 11) is 0. The number of carboxylic acid groups (broad SMARTS) is 2. The van der Waals surface area contributed by atoms with E-state index in [1.54, 1.807) is 0 Å². The molecule has 1 rings (SSSR count). The van der Waals surface area contributed by atoms with Gasteiger partial charge in [-0.25, -0.2) is 9.59 Å². The van der Waals surface area contributed by atoms with Crippen LogP contribution in [0.2, 0.25) is 0 Å². The molecule has 0 heterocycles. The molecule has 0 spiro atoms. The Morgan fingerprint density at radius 3 is 2.28 bits per heavy atom. The van der Waals surface area contributed by atoms with Crippen molar-refractivity contribution in [1.82, 2.24) is 0 Å². The zero-order valence-corrected chi connectivity index (χ0v) is 9.33. The highest BCUT2D eigenvalue weighted by atomic mass is 16.4. The molecule has 1 unspecified atom stereocenters. The van der Waals surface area contributed by atoms with Crippen molar-refractivity contribution in [2.24, 2.45) is 0 Å². The molecule has 0 amide bonds. The molecule has 98 valence electrons. The molecular weight excluding hydrogens is 242 g/mol. The van der Waals surface area contributed by atoms with Gasteiger partial charge in [0.2, 0.25) is 0 Å². The third kappa shape index (κ3) is 3.44. The minimum Gasteiger partial charge on any atom is -0.478 e. The number of carbonyl (C=O) groups is 2. The number of nitrogens with one attached hydrogen (secondary N) is 1. The highest BCUT2D eigenvalue weighted by molar-refractivity contribution is 6.02. The summed E-state index contributed by atoms with van der Waals surface area (Å²) < 4.78 is 0. The van der Waals surface area contributed by atoms with Gasteiger partial charge < -0.3 is 25.7 Å². The predicted octanol–water partition coefficient (Wildman–Crippen LogP) is -0.152. The Bertz CT molecular complexity index is 459. The SMILES string of the molecule is O=C(O)c1ccc(NCC(O)CO)cc1C(=O)O. The van der Waals surface area contributed by atoms with Crippen LogP contribution in [-0.2, 0) is 0 Å². The Balaban J connectivity index is 2.93. The summed E-state index contributed by atoms with van der Waals surface area (Å²) in [4.78, 5) is 21.7. The maximum absolute atomic E-state index is 10.9. The first-order chi connectivity index (χ1) is 8.45. The van der Waals surface area contributed by atoms with Gasteiger partial charge in [0.15, 0.2) is 0 Å². The number of aliphatic hydroxyl groups is 2. The lowest BCUT2D eigenvalue weighted by Crippen LogP contribution is -2.23. The van der Waals surface area contributed by atoms with Crippen molar-refractivity contribution in [3.8, 4) is 0 Å². The lowest BCUT2D eigenvalue weighted by atomic mass is 10.1. The summed E-state index contributed by atoms with van der Waals surface area (Å²) in [6.45, 7) is -0.395. The highest BCUT2D eigenvalue weighted by Gasteiger charge is 2.16. The third-order valence-electron chi connectivity index (χ3n) is 2.23. The number of anilines is 1. The van der Waals surface area contributed by atoms with Crippen LogP contribution in [0.15, 0.2) is 18.2 Å². The van der Waals surface area contributed by atoms with Crippen molar-refractivity contribution in [2.45, 2.75) is 6.10 Å². The molecule has 7 nitrogen and oxygen atoms in total. The van der Waals surface area contributed by atoms with Crippen LogP contribution >= 0.6 is 0 Å². The summed E-state index contributed by atoms with van der Waals surface area (Å²) in [6.07, 6.45) is -0.975. The molecule has 0 aliphatic heterocycles. The predicted molar refractivity (Wildman–Crippen MR) is 61.9 cm³/mol. The smallest absolute Gasteiger partial charge is 0.336 e. The highest BCUT2D eigenvalue weighted by Crippen LogP contribution is 2.16. The van der Waals surface area contributed by atoms with Gasteiger partial charge in [0.05, 0.1) is 23.8 Å². The molecule has 0 aromatic heterocycles. The number of aromatic carboxylic acids is 2. The molecule has 5 N–H and O–H groups in total. The Labute approximate surface area is 102 Å². The Kier molecular flexibility index (Phi) is 4.64. The second-order valence-electron chi connectivity index (χ2n) is 3.59. The van der Waals surface area contributed by atoms with Gasteiger partial charge in [0, 0.05) is 12.2 Å². The largest absolute Gasteiger partial charge is 0.478 e. The fourth-order valence-electron chi connectivity index (χ4n) is 1.32. The van der Waals surface area contributed by atoms with Gasteiger partial charge in [0.1, 0.15) is 0 Å². The molecular formula is C11H13NO6. The molecule has 1 aromatic carbocycles. The first-order valence-corrected chi connectivity index (χ1v) is 5.09. The van der Waals surface area contributed by atoms with Gasteiger partial charge in [-0.05, 0) is 18.2 Å². The van der Waals surface area contributed by atoms with E-state index in [0.717, 1.165) is 6.07 Å². The third-order valence-corrected chi connectivity index (χ3v) is 2.23. The van der Waals surface area contributed by atoms with Crippen molar-refractivity contribution in [3.63, 3.8) is 0 Å². The Morgan fingerprint density at radius 2 is 1.78 bits per heavy atom. The van der Waals surface area contributed by atoms with Gasteiger partial charge in [0.25, 0.3) is 0 Å². The molecule has 0 radical (unpaired) electrons. The summed E-state index contributed by atoms with van der Waals surface area (Å²) in [5.74, 6) is -2.67. The summed E-state index contributed by atoms with van der Waals surface area (Å²) in [6, 6.07) is 3.72. The van der Waals surface area contributed by atoms with E-state index in [4.69, 9.17) is 20.4 Å². The van der Waals surface area contributed by atoms with Crippen LogP contribution in [0.4, 0.5) is 5.69 Å². The van der Waals surface area contributed by atoms with E-state index < -0.39 is 24.6 Å². The van der Waals surface area contributed by atoms with Crippen LogP contribution in [0.1, 0.15) is 20.7 Å². The summed E-state index contributed by atoms with van der Waals surface area (Å²) >= 11 is 0. The molecule has 0 aliphatic rings. The standard InChI is InChI=1S/C11H13NO6/c13-5-7(14)4-12-6-1-2-8(10(15)16)9(3-6)11(17)18/h1-3,7,12-14H,4-5H2,(H,15,16)(H,17,18). The van der Waals surface area contributed by atoms with E-state index in [2.05, 4.69) is 5.32 Å². The molecule has 1 aromatic rings. The zero-order chi connectivity index (χ0) is 13.7. The number of hydrogen-bond donors (Lipinski definition) is 5. The molecule has 0 fully saturated rings. The van der Waals surface area contributed by atoms with Gasteiger partial charge >= 0.3 is 11.9 Å². The van der Waals surface area contributed by atoms with E-state index in [1.165, 1.54) is 12.1 Å². The number of rotatable bonds is 6. The van der Waals surface area contributed by atoms with Crippen LogP contribution in [0, 0.1) is 0 Å². The molecule has 7 heteroatoms. The minimum absolute atomic E-state index is 0.0297. The zero-order valence-electron chi connectivity index (χ0n) is 9.33. The topological polar surface area (TPSA) is 127 Å². The fraction of sp³-hybridized carbons (Fsp3) is 0.273. The molecule has 1 atom stereocenters. The monoisotopic (exact) mass is 255 g/mol. The molecule has 0 saturated heterocycles. The van der Waals surface area contributed by atoms with Crippen molar-refractivity contribution in [1.29, 1.82) is 0 Å². The summed E-state index contributed by atoms with van der Waals surface area (Å²) in [5, 5.41) is 38.1. The first kappa shape index (κ1) is 13.9. The molecule has 0 aliphatic carbocycles. The van der Waals surface area contributed by atoms with Gasteiger partial charge in [-0.15, -0.1) is 0 Å². The van der Waals surface area contributed by atoms with E-state index in [1.807, 2.05) is 0 Å².